The number of rotatable bonds is 15. The number of imide groups is 1. The van der Waals surface area contributed by atoms with E-state index in [-0.39, 0.29) is 35.6 Å². The number of nitrogens with one attached hydrogen (secondary N) is 2. The Balaban J connectivity index is 0.739. The number of likely N-dealkylation sites (tertiary alicyclic amines) is 1. The van der Waals surface area contributed by atoms with Gasteiger partial charge in [0.2, 0.25) is 23.7 Å². The third-order valence-corrected chi connectivity index (χ3v) is 12.4. The van der Waals surface area contributed by atoms with Crippen molar-refractivity contribution in [1.29, 1.82) is 0 Å². The van der Waals surface area contributed by atoms with E-state index in [1.54, 1.807) is 23.1 Å². The molecule has 7 rings (SSSR count). The molecule has 0 saturated carbocycles. The zero-order chi connectivity index (χ0) is 42.6. The van der Waals surface area contributed by atoms with E-state index in [2.05, 4.69) is 49.4 Å². The molecule has 5 amide bonds. The van der Waals surface area contributed by atoms with Gasteiger partial charge in [0.1, 0.15) is 6.04 Å². The summed E-state index contributed by atoms with van der Waals surface area (Å²) in [5, 5.41) is 5.22. The van der Waals surface area contributed by atoms with Gasteiger partial charge in [-0.15, -0.1) is 0 Å². The molecular formula is C48H56FN7O5. The molecule has 13 heteroatoms. The molecule has 12 nitrogen and oxygen atoms in total. The first-order chi connectivity index (χ1) is 29.7. The van der Waals surface area contributed by atoms with Gasteiger partial charge in [0.15, 0.2) is 0 Å². The molecule has 0 bridgehead atoms. The SMILES string of the molecule is O=C(/C=C/c1cccnc1F)NCCCCC1CCN(C(=O)c2ccc(N3CCN(CCCCCC#Cc4cccc5c4CN(C4CCC(=O)NC4=O)C5=O)CC3)cc2)CC1. The van der Waals surface area contributed by atoms with Crippen LogP contribution in [0.4, 0.5) is 10.1 Å². The maximum atomic E-state index is 13.6. The van der Waals surface area contributed by atoms with Crippen LogP contribution in [0.2, 0.25) is 0 Å². The Morgan fingerprint density at radius 3 is 2.46 bits per heavy atom. The molecule has 2 N–H and O–H groups in total. The van der Waals surface area contributed by atoms with Crippen LogP contribution in [0.15, 0.2) is 66.9 Å². The summed E-state index contributed by atoms with van der Waals surface area (Å²) in [7, 11) is 0. The lowest BCUT2D eigenvalue weighted by Crippen LogP contribution is -2.52. The maximum absolute atomic E-state index is 13.6. The number of piperazine rings is 1. The second-order valence-corrected chi connectivity index (χ2v) is 16.5. The highest BCUT2D eigenvalue weighted by Crippen LogP contribution is 2.30. The lowest BCUT2D eigenvalue weighted by Gasteiger charge is -2.36. The average molecular weight is 830 g/mol. The molecule has 3 saturated heterocycles. The predicted molar refractivity (Wildman–Crippen MR) is 232 cm³/mol. The monoisotopic (exact) mass is 829 g/mol. The van der Waals surface area contributed by atoms with E-state index < -0.39 is 17.9 Å². The number of anilines is 1. The molecule has 0 spiro atoms. The van der Waals surface area contributed by atoms with Crippen LogP contribution in [0.25, 0.3) is 6.08 Å². The Labute approximate surface area is 357 Å². The Morgan fingerprint density at radius 1 is 0.885 bits per heavy atom. The zero-order valence-corrected chi connectivity index (χ0v) is 34.9. The summed E-state index contributed by atoms with van der Waals surface area (Å²) < 4.78 is 13.6. The summed E-state index contributed by atoms with van der Waals surface area (Å²) in [5.41, 5.74) is 4.45. The first kappa shape index (κ1) is 43.2. The minimum atomic E-state index is -0.630. The van der Waals surface area contributed by atoms with Gasteiger partial charge < -0.3 is 20.0 Å². The van der Waals surface area contributed by atoms with Gasteiger partial charge in [-0.25, -0.2) is 4.98 Å². The number of carbonyl (C=O) groups excluding carboxylic acids is 5. The van der Waals surface area contributed by atoms with Crippen molar-refractivity contribution >= 4 is 41.3 Å². The van der Waals surface area contributed by atoms with Crippen LogP contribution in [-0.2, 0) is 20.9 Å². The Kier molecular flexibility index (Phi) is 14.9. The van der Waals surface area contributed by atoms with Crippen molar-refractivity contribution in [2.75, 3.05) is 57.3 Å². The number of halogens is 1. The number of piperidine rings is 2. The van der Waals surface area contributed by atoms with Crippen molar-refractivity contribution in [2.45, 2.75) is 83.2 Å². The highest BCUT2D eigenvalue weighted by atomic mass is 19.1. The molecule has 1 aromatic heterocycles. The van der Waals surface area contributed by atoms with Gasteiger partial charge in [0.05, 0.1) is 0 Å². The molecule has 4 aliphatic heterocycles. The fourth-order valence-electron chi connectivity index (χ4n) is 8.75. The number of benzene rings is 2. The van der Waals surface area contributed by atoms with Crippen LogP contribution in [0.5, 0.6) is 0 Å². The number of pyridine rings is 1. The summed E-state index contributed by atoms with van der Waals surface area (Å²) in [5.74, 6) is 5.53. The van der Waals surface area contributed by atoms with E-state index in [4.69, 9.17) is 0 Å². The topological polar surface area (TPSA) is 135 Å². The summed E-state index contributed by atoms with van der Waals surface area (Å²) in [6, 6.07) is 16.2. The van der Waals surface area contributed by atoms with E-state index in [9.17, 15) is 28.4 Å². The van der Waals surface area contributed by atoms with E-state index in [1.807, 2.05) is 29.2 Å². The largest absolute Gasteiger partial charge is 0.369 e. The zero-order valence-electron chi connectivity index (χ0n) is 34.9. The molecule has 0 aliphatic carbocycles. The van der Waals surface area contributed by atoms with Crippen LogP contribution in [0.3, 0.4) is 0 Å². The summed E-state index contributed by atoms with van der Waals surface area (Å²) in [4.78, 5) is 74.6. The Bertz CT molecular complexity index is 2150. The predicted octanol–water partition coefficient (Wildman–Crippen LogP) is 5.57. The minimum Gasteiger partial charge on any atom is -0.369 e. The van der Waals surface area contributed by atoms with Gasteiger partial charge in [0.25, 0.3) is 11.8 Å². The molecule has 3 fully saturated rings. The van der Waals surface area contributed by atoms with E-state index in [0.717, 1.165) is 126 Å². The molecule has 0 radical (unpaired) electrons. The number of nitrogens with zero attached hydrogens (tertiary/aromatic N) is 5. The van der Waals surface area contributed by atoms with Crippen molar-refractivity contribution in [2.24, 2.45) is 5.92 Å². The maximum Gasteiger partial charge on any atom is 0.255 e. The number of carbonyl (C=O) groups is 5. The third-order valence-electron chi connectivity index (χ3n) is 12.4. The normalized spacial score (nSPS) is 18.5. The van der Waals surface area contributed by atoms with E-state index in [1.165, 1.54) is 18.3 Å². The van der Waals surface area contributed by atoms with Crippen molar-refractivity contribution in [3.63, 3.8) is 0 Å². The molecule has 4 aliphatic rings. The van der Waals surface area contributed by atoms with E-state index in [0.29, 0.717) is 31.0 Å². The molecule has 61 heavy (non-hydrogen) atoms. The van der Waals surface area contributed by atoms with Crippen LogP contribution >= 0.6 is 0 Å². The fraction of sp³-hybridized carbons (Fsp3) is 0.458. The first-order valence-electron chi connectivity index (χ1n) is 21.9. The molecule has 3 aromatic rings. The van der Waals surface area contributed by atoms with Gasteiger partial charge >= 0.3 is 0 Å². The lowest BCUT2D eigenvalue weighted by atomic mass is 9.91. The summed E-state index contributed by atoms with van der Waals surface area (Å²) in [6.45, 7) is 7.41. The summed E-state index contributed by atoms with van der Waals surface area (Å²) >= 11 is 0. The molecular weight excluding hydrogens is 774 g/mol. The smallest absolute Gasteiger partial charge is 0.255 e. The minimum absolute atomic E-state index is 0.0983. The van der Waals surface area contributed by atoms with Gasteiger partial charge in [-0.05, 0) is 111 Å². The Morgan fingerprint density at radius 2 is 1.69 bits per heavy atom. The number of unbranched alkanes of at least 4 members (excludes halogenated alkanes) is 4. The third kappa shape index (κ3) is 11.5. The number of hydrogen-bond acceptors (Lipinski definition) is 8. The Hall–Kier alpha value is -5.87. The molecule has 5 heterocycles. The first-order valence-corrected chi connectivity index (χ1v) is 21.9. The standard InChI is InChI=1S/C48H56FN7O5/c49-45-37(13-9-26-51-45)17-21-43(57)50-25-6-5-10-35-23-28-55(29-24-35)47(60)38-15-18-39(19-16-38)54-32-30-53(31-33-54)27-7-3-1-2-4-11-36-12-8-14-40-41(36)34-56(48(40)61)42-20-22-44(58)52-46(42)59/h8-9,12-19,21,26,35,42H,1-3,5-7,10,20,22-25,27-34H2,(H,50,57)(H,52,58,59)/b21-17+. The van der Waals surface area contributed by atoms with Crippen LogP contribution in [0.1, 0.15) is 108 Å². The quantitative estimate of drug-likeness (QED) is 0.0669. The van der Waals surface area contributed by atoms with Crippen molar-refractivity contribution < 1.29 is 28.4 Å². The summed E-state index contributed by atoms with van der Waals surface area (Å²) in [6.07, 6.45) is 13.7. The molecule has 1 atom stereocenters. The number of hydrogen-bond donors (Lipinski definition) is 2. The van der Waals surface area contributed by atoms with Crippen LogP contribution < -0.4 is 15.5 Å². The number of fused-ring (bicyclic) bond motifs is 1. The molecule has 320 valence electrons. The van der Waals surface area contributed by atoms with Crippen LogP contribution in [-0.4, -0.2) is 108 Å². The highest BCUT2D eigenvalue weighted by molar-refractivity contribution is 6.05. The lowest BCUT2D eigenvalue weighted by molar-refractivity contribution is -0.137. The number of aromatic nitrogens is 1. The second-order valence-electron chi connectivity index (χ2n) is 16.5. The van der Waals surface area contributed by atoms with Gasteiger partial charge in [-0.3, -0.25) is 34.2 Å². The molecule has 1 unspecified atom stereocenters. The fourth-order valence-corrected chi connectivity index (χ4v) is 8.75. The number of amides is 5. The van der Waals surface area contributed by atoms with Crippen molar-refractivity contribution in [1.82, 2.24) is 30.3 Å². The van der Waals surface area contributed by atoms with Gasteiger partial charge in [-0.2, -0.15) is 4.39 Å². The van der Waals surface area contributed by atoms with Gasteiger partial charge in [-0.1, -0.05) is 37.2 Å². The van der Waals surface area contributed by atoms with E-state index >= 15 is 0 Å². The van der Waals surface area contributed by atoms with Crippen molar-refractivity contribution in [3.05, 3.63) is 101 Å². The highest BCUT2D eigenvalue weighted by Gasteiger charge is 2.39. The van der Waals surface area contributed by atoms with Crippen molar-refractivity contribution in [3.8, 4) is 11.8 Å². The molecule has 2 aromatic carbocycles. The van der Waals surface area contributed by atoms with Gasteiger partial charge in [0, 0.05) is 105 Å². The second kappa shape index (κ2) is 21.1. The van der Waals surface area contributed by atoms with Crippen LogP contribution in [0, 0.1) is 23.7 Å². The average Bonchev–Trinajstić information content (AvgIpc) is 3.62.